The number of amides is 1. The molecule has 1 aliphatic heterocycles. The highest BCUT2D eigenvalue weighted by atomic mass is 16.5. The van der Waals surface area contributed by atoms with Crippen LogP contribution in [-0.2, 0) is 9.53 Å². The summed E-state index contributed by atoms with van der Waals surface area (Å²) in [5, 5.41) is 0. The monoisotopic (exact) mass is 187 g/mol. The van der Waals surface area contributed by atoms with Crippen LogP contribution in [0.3, 0.4) is 0 Å². The van der Waals surface area contributed by atoms with E-state index in [0.29, 0.717) is 13.0 Å². The third kappa shape index (κ3) is 3.30. The lowest BCUT2D eigenvalue weighted by Gasteiger charge is -2.33. The fourth-order valence-corrected chi connectivity index (χ4v) is 1.54. The van der Waals surface area contributed by atoms with Crippen LogP contribution in [0.4, 0.5) is 0 Å². The van der Waals surface area contributed by atoms with Gasteiger partial charge in [0.15, 0.2) is 0 Å². The predicted molar refractivity (Wildman–Crippen MR) is 49.0 cm³/mol. The van der Waals surface area contributed by atoms with E-state index < -0.39 is 0 Å². The van der Waals surface area contributed by atoms with Gasteiger partial charge in [0.05, 0.1) is 13.2 Å². The molecule has 4 N–H and O–H groups in total. The van der Waals surface area contributed by atoms with Crippen molar-refractivity contribution < 1.29 is 9.53 Å². The van der Waals surface area contributed by atoms with Crippen LogP contribution >= 0.6 is 0 Å². The first-order chi connectivity index (χ1) is 6.24. The van der Waals surface area contributed by atoms with E-state index in [-0.39, 0.29) is 11.9 Å². The van der Waals surface area contributed by atoms with Crippen molar-refractivity contribution in [2.24, 2.45) is 11.5 Å². The van der Waals surface area contributed by atoms with Gasteiger partial charge >= 0.3 is 0 Å². The summed E-state index contributed by atoms with van der Waals surface area (Å²) in [6.45, 7) is 3.59. The maximum atomic E-state index is 10.7. The van der Waals surface area contributed by atoms with Gasteiger partial charge in [0.1, 0.15) is 0 Å². The maximum Gasteiger partial charge on any atom is 0.219 e. The molecule has 0 bridgehead atoms. The molecule has 0 aromatic rings. The van der Waals surface area contributed by atoms with E-state index in [1.165, 1.54) is 0 Å². The van der Waals surface area contributed by atoms with Crippen molar-refractivity contribution in [3.8, 4) is 0 Å². The first-order valence-corrected chi connectivity index (χ1v) is 4.54. The summed E-state index contributed by atoms with van der Waals surface area (Å²) in [5.41, 5.74) is 10.7. The molecule has 1 saturated heterocycles. The van der Waals surface area contributed by atoms with Crippen molar-refractivity contribution in [2.45, 2.75) is 12.5 Å². The molecule has 5 nitrogen and oxygen atoms in total. The van der Waals surface area contributed by atoms with E-state index in [9.17, 15) is 4.79 Å². The molecule has 13 heavy (non-hydrogen) atoms. The molecule has 1 aliphatic rings. The molecule has 1 unspecified atom stereocenters. The van der Waals surface area contributed by atoms with Crippen LogP contribution in [0.15, 0.2) is 0 Å². The van der Waals surface area contributed by atoms with Crippen molar-refractivity contribution in [3.05, 3.63) is 0 Å². The molecule has 76 valence electrons. The Hall–Kier alpha value is -0.650. The second-order valence-corrected chi connectivity index (χ2v) is 3.21. The van der Waals surface area contributed by atoms with Gasteiger partial charge in [-0.15, -0.1) is 0 Å². The minimum Gasteiger partial charge on any atom is -0.379 e. The molecule has 0 aromatic carbocycles. The molecule has 0 aliphatic carbocycles. The van der Waals surface area contributed by atoms with Gasteiger partial charge in [-0.2, -0.15) is 0 Å². The SMILES string of the molecule is NCC(CC(N)=O)N1CCOCC1. The summed E-state index contributed by atoms with van der Waals surface area (Å²) >= 11 is 0. The first kappa shape index (κ1) is 10.4. The van der Waals surface area contributed by atoms with Crippen LogP contribution in [0.5, 0.6) is 0 Å². The van der Waals surface area contributed by atoms with Crippen molar-refractivity contribution in [1.82, 2.24) is 4.90 Å². The molecule has 0 saturated carbocycles. The fourth-order valence-electron chi connectivity index (χ4n) is 1.54. The van der Waals surface area contributed by atoms with Crippen LogP contribution < -0.4 is 11.5 Å². The average molecular weight is 187 g/mol. The largest absolute Gasteiger partial charge is 0.379 e. The minimum atomic E-state index is -0.290. The van der Waals surface area contributed by atoms with Crippen molar-refractivity contribution in [2.75, 3.05) is 32.8 Å². The van der Waals surface area contributed by atoms with E-state index in [4.69, 9.17) is 16.2 Å². The Bertz CT molecular complexity index is 169. The summed E-state index contributed by atoms with van der Waals surface area (Å²) in [6, 6.07) is 0.0846. The molecular formula is C8H17N3O2. The summed E-state index contributed by atoms with van der Waals surface area (Å²) < 4.78 is 5.20. The lowest BCUT2D eigenvalue weighted by molar-refractivity contribution is -0.119. The maximum absolute atomic E-state index is 10.7. The van der Waals surface area contributed by atoms with E-state index in [1.54, 1.807) is 0 Å². The molecule has 1 amide bonds. The predicted octanol–water partition coefficient (Wildman–Crippen LogP) is -1.48. The topological polar surface area (TPSA) is 81.6 Å². The summed E-state index contributed by atoms with van der Waals surface area (Å²) in [5.74, 6) is -0.290. The van der Waals surface area contributed by atoms with Crippen LogP contribution in [0.2, 0.25) is 0 Å². The Balaban J connectivity index is 2.39. The summed E-state index contributed by atoms with van der Waals surface area (Å²) in [6.07, 6.45) is 0.344. The quantitative estimate of drug-likeness (QED) is 0.562. The molecule has 5 heteroatoms. The number of hydrogen-bond acceptors (Lipinski definition) is 4. The molecule has 1 heterocycles. The van der Waals surface area contributed by atoms with Crippen molar-refractivity contribution in [3.63, 3.8) is 0 Å². The molecule has 1 atom stereocenters. The van der Waals surface area contributed by atoms with E-state index in [1.807, 2.05) is 0 Å². The lowest BCUT2D eigenvalue weighted by Crippen LogP contribution is -2.48. The third-order valence-corrected chi connectivity index (χ3v) is 2.27. The Labute approximate surface area is 78.0 Å². The van der Waals surface area contributed by atoms with Gasteiger partial charge in [0.25, 0.3) is 0 Å². The van der Waals surface area contributed by atoms with Gasteiger partial charge in [0, 0.05) is 32.1 Å². The van der Waals surface area contributed by atoms with Crippen molar-refractivity contribution >= 4 is 5.91 Å². The molecule has 0 aromatic heterocycles. The minimum absolute atomic E-state index is 0.0846. The average Bonchev–Trinajstić information content (AvgIpc) is 2.15. The van der Waals surface area contributed by atoms with Crippen molar-refractivity contribution in [1.29, 1.82) is 0 Å². The van der Waals surface area contributed by atoms with Gasteiger partial charge in [0.2, 0.25) is 5.91 Å². The fraction of sp³-hybridized carbons (Fsp3) is 0.875. The normalized spacial score (nSPS) is 21.3. The van der Waals surface area contributed by atoms with E-state index in [0.717, 1.165) is 26.3 Å². The number of primary amides is 1. The second kappa shape index (κ2) is 5.16. The highest BCUT2D eigenvalue weighted by Crippen LogP contribution is 2.05. The number of morpholine rings is 1. The van der Waals surface area contributed by atoms with Gasteiger partial charge in [-0.25, -0.2) is 0 Å². The Morgan fingerprint density at radius 2 is 2.08 bits per heavy atom. The molecule has 1 fully saturated rings. The zero-order valence-corrected chi connectivity index (χ0v) is 7.74. The number of rotatable bonds is 4. The van der Waals surface area contributed by atoms with Crippen LogP contribution in [0.25, 0.3) is 0 Å². The number of carbonyl (C=O) groups is 1. The molecule has 0 radical (unpaired) electrons. The Morgan fingerprint density at radius 3 is 2.54 bits per heavy atom. The number of hydrogen-bond donors (Lipinski definition) is 2. The van der Waals surface area contributed by atoms with Gasteiger partial charge < -0.3 is 16.2 Å². The summed E-state index contributed by atoms with van der Waals surface area (Å²) in [4.78, 5) is 12.9. The number of nitrogens with zero attached hydrogens (tertiary/aromatic N) is 1. The van der Waals surface area contributed by atoms with Gasteiger partial charge in [-0.1, -0.05) is 0 Å². The van der Waals surface area contributed by atoms with Crippen LogP contribution in [0, 0.1) is 0 Å². The van der Waals surface area contributed by atoms with E-state index >= 15 is 0 Å². The molecule has 0 spiro atoms. The zero-order valence-electron chi connectivity index (χ0n) is 7.74. The number of nitrogens with two attached hydrogens (primary N) is 2. The van der Waals surface area contributed by atoms with Crippen LogP contribution in [0.1, 0.15) is 6.42 Å². The smallest absolute Gasteiger partial charge is 0.219 e. The zero-order chi connectivity index (χ0) is 9.68. The number of carbonyl (C=O) groups excluding carboxylic acids is 1. The van der Waals surface area contributed by atoms with Crippen LogP contribution in [-0.4, -0.2) is 49.7 Å². The summed E-state index contributed by atoms with van der Waals surface area (Å²) in [7, 11) is 0. The highest BCUT2D eigenvalue weighted by Gasteiger charge is 2.20. The standard InChI is InChI=1S/C8H17N3O2/c9-6-7(5-8(10)12)11-1-3-13-4-2-11/h7H,1-6,9H2,(H2,10,12). The first-order valence-electron chi connectivity index (χ1n) is 4.54. The molecule has 1 rings (SSSR count). The van der Waals surface area contributed by atoms with Gasteiger partial charge in [-0.05, 0) is 0 Å². The lowest BCUT2D eigenvalue weighted by atomic mass is 10.1. The second-order valence-electron chi connectivity index (χ2n) is 3.21. The van der Waals surface area contributed by atoms with E-state index in [2.05, 4.69) is 4.90 Å². The third-order valence-electron chi connectivity index (χ3n) is 2.27. The number of ether oxygens (including phenoxy) is 1. The Morgan fingerprint density at radius 1 is 1.46 bits per heavy atom. The van der Waals surface area contributed by atoms with Gasteiger partial charge in [-0.3, -0.25) is 9.69 Å². The highest BCUT2D eigenvalue weighted by molar-refractivity contribution is 5.74. The Kier molecular flexibility index (Phi) is 4.14. The molecular weight excluding hydrogens is 170 g/mol.